The van der Waals surface area contributed by atoms with Crippen LogP contribution in [0, 0.1) is 11.3 Å². The van der Waals surface area contributed by atoms with Crippen molar-refractivity contribution in [3.8, 4) is 6.07 Å². The molecule has 1 heterocycles. The molecular weight excluding hydrogens is 408 g/mol. The Hall–Kier alpha value is -2.90. The topological polar surface area (TPSA) is 120 Å². The number of carbonyl (C=O) groups is 2. The van der Waals surface area contributed by atoms with Crippen LogP contribution in [0.4, 0.5) is 5.69 Å². The molecule has 0 spiro atoms. The molecule has 0 aromatic heterocycles. The summed E-state index contributed by atoms with van der Waals surface area (Å²) in [5.41, 5.74) is 0.202. The molecule has 1 amide bonds. The van der Waals surface area contributed by atoms with Crippen molar-refractivity contribution in [2.75, 3.05) is 51.1 Å². The maximum Gasteiger partial charge on any atom is 0.339 e. The molecule has 1 saturated heterocycles. The van der Waals surface area contributed by atoms with Gasteiger partial charge in [-0.2, -0.15) is 5.26 Å². The minimum atomic E-state index is -3.13. The largest absolute Gasteiger partial charge is 0.465 e. The van der Waals surface area contributed by atoms with Crippen molar-refractivity contribution in [3.63, 3.8) is 0 Å². The summed E-state index contributed by atoms with van der Waals surface area (Å²) in [4.78, 5) is 28.3. The average Bonchev–Trinajstić information content (AvgIpc) is 3.07. The van der Waals surface area contributed by atoms with Crippen LogP contribution in [0.2, 0.25) is 0 Å². The summed E-state index contributed by atoms with van der Waals surface area (Å²) >= 11 is 0. The summed E-state index contributed by atoms with van der Waals surface area (Å²) in [6.07, 6.45) is 1.85. The Bertz CT molecular complexity index is 966. The highest BCUT2D eigenvalue weighted by atomic mass is 32.2. The van der Waals surface area contributed by atoms with E-state index in [0.29, 0.717) is 19.5 Å². The van der Waals surface area contributed by atoms with Gasteiger partial charge in [0.15, 0.2) is 9.84 Å². The Morgan fingerprint density at radius 2 is 2.00 bits per heavy atom. The molecule has 2 rings (SSSR count). The summed E-state index contributed by atoms with van der Waals surface area (Å²) in [7, 11) is 1.88. The minimum absolute atomic E-state index is 0.0115. The van der Waals surface area contributed by atoms with Gasteiger partial charge < -0.3 is 19.9 Å². The average molecular weight is 435 g/mol. The quantitative estimate of drug-likeness (QED) is 0.364. The minimum Gasteiger partial charge on any atom is -0.465 e. The van der Waals surface area contributed by atoms with Crippen molar-refractivity contribution in [2.45, 2.75) is 12.5 Å². The number of esters is 1. The van der Waals surface area contributed by atoms with Gasteiger partial charge in [0.05, 0.1) is 29.9 Å². The third-order valence-electron chi connectivity index (χ3n) is 4.72. The molecule has 1 aromatic carbocycles. The second-order valence-electron chi connectivity index (χ2n) is 7.24. The summed E-state index contributed by atoms with van der Waals surface area (Å²) < 4.78 is 28.5. The Morgan fingerprint density at radius 3 is 2.57 bits per heavy atom. The molecule has 1 unspecified atom stereocenters. The summed E-state index contributed by atoms with van der Waals surface area (Å²) in [5.74, 6) is -1.23. The van der Waals surface area contributed by atoms with E-state index in [1.54, 1.807) is 17.0 Å². The van der Waals surface area contributed by atoms with Crippen LogP contribution in [0.15, 0.2) is 36.0 Å². The standard InChI is InChI=1S/C20H26N4O5S/c1-23(2)9-10-24(16-8-11-30(27,28)14-16)13-15(12-21)19(25)22-18-7-5-4-6-17(18)20(26)29-3/h4-7,13,16H,8-11,14H2,1-3H3,(H,22,25)/b15-13-. The number of ether oxygens (including phenoxy) is 1. The van der Waals surface area contributed by atoms with E-state index in [2.05, 4.69) is 5.32 Å². The lowest BCUT2D eigenvalue weighted by molar-refractivity contribution is -0.112. The van der Waals surface area contributed by atoms with Gasteiger partial charge in [0.2, 0.25) is 0 Å². The lowest BCUT2D eigenvalue weighted by atomic mass is 10.1. The first-order chi connectivity index (χ1) is 14.2. The Morgan fingerprint density at radius 1 is 1.30 bits per heavy atom. The lowest BCUT2D eigenvalue weighted by Gasteiger charge is -2.28. The maximum absolute atomic E-state index is 12.7. The van der Waals surface area contributed by atoms with Crippen molar-refractivity contribution in [3.05, 3.63) is 41.6 Å². The monoisotopic (exact) mass is 434 g/mol. The third-order valence-corrected chi connectivity index (χ3v) is 6.47. The number of hydrogen-bond donors (Lipinski definition) is 1. The van der Waals surface area contributed by atoms with E-state index in [0.717, 1.165) is 0 Å². The van der Waals surface area contributed by atoms with Gasteiger partial charge in [0.1, 0.15) is 11.6 Å². The Labute approximate surface area is 176 Å². The summed E-state index contributed by atoms with van der Waals surface area (Å²) in [5, 5.41) is 12.1. The molecule has 9 nitrogen and oxygen atoms in total. The predicted octanol–water partition coefficient (Wildman–Crippen LogP) is 0.870. The highest BCUT2D eigenvalue weighted by molar-refractivity contribution is 7.91. The van der Waals surface area contributed by atoms with Gasteiger partial charge in [0, 0.05) is 25.3 Å². The van der Waals surface area contributed by atoms with Crippen LogP contribution < -0.4 is 5.32 Å². The highest BCUT2D eigenvalue weighted by Crippen LogP contribution is 2.20. The number of carbonyl (C=O) groups excluding carboxylic acids is 2. The van der Waals surface area contributed by atoms with E-state index in [4.69, 9.17) is 4.74 Å². The van der Waals surface area contributed by atoms with Crippen LogP contribution in [0.1, 0.15) is 16.8 Å². The fraction of sp³-hybridized carbons (Fsp3) is 0.450. The van der Waals surface area contributed by atoms with Gasteiger partial charge in [-0.1, -0.05) is 12.1 Å². The van der Waals surface area contributed by atoms with E-state index in [-0.39, 0.29) is 34.4 Å². The van der Waals surface area contributed by atoms with Crippen LogP contribution in [-0.4, -0.2) is 81.9 Å². The number of rotatable bonds is 8. The first-order valence-electron chi connectivity index (χ1n) is 9.38. The number of nitrogens with one attached hydrogen (secondary N) is 1. The second-order valence-corrected chi connectivity index (χ2v) is 9.47. The van der Waals surface area contributed by atoms with Crippen LogP contribution in [0.25, 0.3) is 0 Å². The number of sulfone groups is 1. The van der Waals surface area contributed by atoms with E-state index < -0.39 is 21.7 Å². The molecular formula is C20H26N4O5S. The number of nitrogens with zero attached hydrogens (tertiary/aromatic N) is 3. The lowest BCUT2D eigenvalue weighted by Crippen LogP contribution is -2.37. The van der Waals surface area contributed by atoms with Gasteiger partial charge in [-0.05, 0) is 32.6 Å². The van der Waals surface area contributed by atoms with Crippen LogP contribution in [0.5, 0.6) is 0 Å². The van der Waals surface area contributed by atoms with Crippen LogP contribution in [0.3, 0.4) is 0 Å². The van der Waals surface area contributed by atoms with Crippen molar-refractivity contribution >= 4 is 27.4 Å². The fourth-order valence-electron chi connectivity index (χ4n) is 3.08. The molecule has 0 bridgehead atoms. The van der Waals surface area contributed by atoms with Gasteiger partial charge in [-0.25, -0.2) is 13.2 Å². The summed E-state index contributed by atoms with van der Waals surface area (Å²) in [6.45, 7) is 1.09. The van der Waals surface area contributed by atoms with E-state index in [1.807, 2.05) is 25.1 Å². The molecule has 1 fully saturated rings. The first-order valence-corrected chi connectivity index (χ1v) is 11.2. The molecule has 10 heteroatoms. The number of para-hydroxylation sites is 1. The molecule has 1 aliphatic heterocycles. The molecule has 1 atom stereocenters. The smallest absolute Gasteiger partial charge is 0.339 e. The number of amides is 1. The second kappa shape index (κ2) is 10.2. The Balaban J connectivity index is 2.27. The van der Waals surface area contributed by atoms with Crippen LogP contribution >= 0.6 is 0 Å². The maximum atomic E-state index is 12.7. The van der Waals surface area contributed by atoms with Crippen molar-refractivity contribution in [1.82, 2.24) is 9.80 Å². The molecule has 162 valence electrons. The SMILES string of the molecule is COC(=O)c1ccccc1NC(=O)/C(C#N)=C\N(CCN(C)C)C1CCS(=O)(=O)C1. The van der Waals surface area contributed by atoms with E-state index >= 15 is 0 Å². The Kier molecular flexibility index (Phi) is 7.97. The molecule has 1 aromatic rings. The fourth-order valence-corrected chi connectivity index (χ4v) is 4.82. The number of nitriles is 1. The zero-order valence-electron chi connectivity index (χ0n) is 17.3. The normalized spacial score (nSPS) is 18.0. The number of methoxy groups -OCH3 is 1. The van der Waals surface area contributed by atoms with Crippen molar-refractivity contribution in [1.29, 1.82) is 5.26 Å². The van der Waals surface area contributed by atoms with E-state index in [1.165, 1.54) is 25.4 Å². The van der Waals surface area contributed by atoms with Crippen LogP contribution in [-0.2, 0) is 19.4 Å². The van der Waals surface area contributed by atoms with Gasteiger partial charge in [-0.3, -0.25) is 4.79 Å². The molecule has 1 N–H and O–H groups in total. The predicted molar refractivity (Wildman–Crippen MR) is 112 cm³/mol. The third kappa shape index (κ3) is 6.30. The highest BCUT2D eigenvalue weighted by Gasteiger charge is 2.31. The van der Waals surface area contributed by atoms with E-state index in [9.17, 15) is 23.3 Å². The first kappa shape index (κ1) is 23.4. The molecule has 30 heavy (non-hydrogen) atoms. The van der Waals surface area contributed by atoms with Crippen molar-refractivity contribution in [2.24, 2.45) is 0 Å². The van der Waals surface area contributed by atoms with Gasteiger partial charge in [-0.15, -0.1) is 0 Å². The number of benzene rings is 1. The zero-order chi connectivity index (χ0) is 22.3. The molecule has 0 aliphatic carbocycles. The van der Waals surface area contributed by atoms with Gasteiger partial charge >= 0.3 is 5.97 Å². The summed E-state index contributed by atoms with van der Waals surface area (Å²) in [6, 6.07) is 7.89. The number of likely N-dealkylation sites (N-methyl/N-ethyl adjacent to an activating group) is 1. The van der Waals surface area contributed by atoms with Crippen molar-refractivity contribution < 1.29 is 22.7 Å². The molecule has 1 aliphatic rings. The molecule has 0 saturated carbocycles. The molecule has 0 radical (unpaired) electrons. The van der Waals surface area contributed by atoms with Gasteiger partial charge in [0.25, 0.3) is 5.91 Å². The number of hydrogen-bond acceptors (Lipinski definition) is 8. The zero-order valence-corrected chi connectivity index (χ0v) is 18.1. The number of anilines is 1.